The summed E-state index contributed by atoms with van der Waals surface area (Å²) in [6, 6.07) is 13.5. The maximum Gasteiger partial charge on any atom is 0.327 e. The summed E-state index contributed by atoms with van der Waals surface area (Å²) >= 11 is 7.69. The molecule has 124 valence electrons. The van der Waals surface area contributed by atoms with Gasteiger partial charge in [0.05, 0.1) is 0 Å². The molecule has 0 spiro atoms. The molecule has 24 heavy (non-hydrogen) atoms. The lowest BCUT2D eigenvalue weighted by molar-refractivity contribution is -0.141. The zero-order chi connectivity index (χ0) is 17.3. The Kier molecular flexibility index (Phi) is 4.83. The van der Waals surface area contributed by atoms with Gasteiger partial charge in [0.25, 0.3) is 5.91 Å². The number of aryl methyl sites for hydroxylation is 1. The van der Waals surface area contributed by atoms with Crippen LogP contribution in [0.4, 0.5) is 0 Å². The van der Waals surface area contributed by atoms with E-state index in [1.807, 2.05) is 37.3 Å². The minimum atomic E-state index is -1.00. The molecule has 2 aromatic rings. The van der Waals surface area contributed by atoms with Crippen molar-refractivity contribution in [3.8, 4) is 0 Å². The van der Waals surface area contributed by atoms with E-state index >= 15 is 0 Å². The van der Waals surface area contributed by atoms with Crippen LogP contribution in [0, 0.1) is 6.92 Å². The average Bonchev–Trinajstić information content (AvgIpc) is 3.00. The predicted molar refractivity (Wildman–Crippen MR) is 95.4 cm³/mol. The van der Waals surface area contributed by atoms with Gasteiger partial charge in [-0.15, -0.1) is 11.8 Å². The molecular weight excluding hydrogens is 346 g/mol. The third kappa shape index (κ3) is 3.14. The summed E-state index contributed by atoms with van der Waals surface area (Å²) in [7, 11) is 0. The molecule has 2 unspecified atom stereocenters. The van der Waals surface area contributed by atoms with Gasteiger partial charge < -0.3 is 10.0 Å². The van der Waals surface area contributed by atoms with Crippen LogP contribution in [0.1, 0.15) is 26.9 Å². The molecule has 0 aromatic heterocycles. The molecule has 0 aliphatic carbocycles. The second-order valence-electron chi connectivity index (χ2n) is 5.64. The third-order valence-electron chi connectivity index (χ3n) is 3.99. The highest BCUT2D eigenvalue weighted by atomic mass is 35.5. The standard InChI is InChI=1S/C18H16ClNO3S/c1-11-6-8-12(9-7-11)16(21)20-15(18(22)23)10-24-17(20)13-4-2-3-5-14(13)19/h2-9,15,17H,10H2,1H3,(H,22,23). The van der Waals surface area contributed by atoms with Gasteiger partial charge in [-0.2, -0.15) is 0 Å². The molecule has 1 fully saturated rings. The number of benzene rings is 2. The van der Waals surface area contributed by atoms with Crippen LogP contribution in [-0.2, 0) is 4.79 Å². The Labute approximate surface area is 149 Å². The van der Waals surface area contributed by atoms with Gasteiger partial charge in [-0.1, -0.05) is 47.5 Å². The maximum absolute atomic E-state index is 13.0. The number of hydrogen-bond donors (Lipinski definition) is 1. The van der Waals surface area contributed by atoms with Gasteiger partial charge in [0.1, 0.15) is 11.4 Å². The maximum atomic E-state index is 13.0. The SMILES string of the molecule is Cc1ccc(C(=O)N2C(C(=O)O)CSC2c2ccccc2Cl)cc1. The summed E-state index contributed by atoms with van der Waals surface area (Å²) in [5.41, 5.74) is 2.28. The van der Waals surface area contributed by atoms with E-state index < -0.39 is 17.4 Å². The molecule has 1 saturated heterocycles. The van der Waals surface area contributed by atoms with Crippen LogP contribution >= 0.6 is 23.4 Å². The zero-order valence-electron chi connectivity index (χ0n) is 13.0. The highest BCUT2D eigenvalue weighted by Gasteiger charge is 2.43. The van der Waals surface area contributed by atoms with Gasteiger partial charge in [0.2, 0.25) is 0 Å². The van der Waals surface area contributed by atoms with E-state index in [0.717, 1.165) is 11.1 Å². The van der Waals surface area contributed by atoms with E-state index in [0.29, 0.717) is 16.3 Å². The van der Waals surface area contributed by atoms with Gasteiger partial charge in [-0.3, -0.25) is 4.79 Å². The monoisotopic (exact) mass is 361 g/mol. The number of rotatable bonds is 3. The fourth-order valence-electron chi connectivity index (χ4n) is 2.70. The molecule has 0 bridgehead atoms. The highest BCUT2D eigenvalue weighted by molar-refractivity contribution is 7.99. The number of carbonyl (C=O) groups is 2. The molecule has 1 aliphatic heterocycles. The second kappa shape index (κ2) is 6.87. The molecule has 2 aromatic carbocycles. The van der Waals surface area contributed by atoms with E-state index in [2.05, 4.69) is 0 Å². The molecular formula is C18H16ClNO3S. The topological polar surface area (TPSA) is 57.6 Å². The molecule has 2 atom stereocenters. The van der Waals surface area contributed by atoms with Crippen molar-refractivity contribution in [1.82, 2.24) is 4.90 Å². The molecule has 6 heteroatoms. The Balaban J connectivity index is 2.01. The molecule has 1 amide bonds. The first-order valence-electron chi connectivity index (χ1n) is 7.47. The lowest BCUT2D eigenvalue weighted by atomic mass is 10.1. The molecule has 0 radical (unpaired) electrons. The predicted octanol–water partition coefficient (Wildman–Crippen LogP) is 3.99. The van der Waals surface area contributed by atoms with Crippen molar-refractivity contribution in [2.45, 2.75) is 18.3 Å². The molecule has 4 nitrogen and oxygen atoms in total. The fraction of sp³-hybridized carbons (Fsp3) is 0.222. The van der Waals surface area contributed by atoms with E-state index in [4.69, 9.17) is 11.6 Å². The van der Waals surface area contributed by atoms with Gasteiger partial charge in [-0.05, 0) is 25.1 Å². The van der Waals surface area contributed by atoms with Crippen LogP contribution in [0.25, 0.3) is 0 Å². The molecule has 3 rings (SSSR count). The first-order chi connectivity index (χ1) is 11.5. The number of amides is 1. The summed E-state index contributed by atoms with van der Waals surface area (Å²) in [6.07, 6.45) is 0. The largest absolute Gasteiger partial charge is 0.480 e. The number of aliphatic carboxylic acids is 1. The Hall–Kier alpha value is -1.98. The van der Waals surface area contributed by atoms with E-state index in [1.54, 1.807) is 18.2 Å². The summed E-state index contributed by atoms with van der Waals surface area (Å²) in [4.78, 5) is 26.0. The summed E-state index contributed by atoms with van der Waals surface area (Å²) in [5, 5.41) is 9.64. The van der Waals surface area contributed by atoms with Crippen molar-refractivity contribution in [1.29, 1.82) is 0 Å². The summed E-state index contributed by atoms with van der Waals surface area (Å²) in [5.74, 6) is -0.960. The van der Waals surface area contributed by atoms with Crippen LogP contribution in [-0.4, -0.2) is 33.7 Å². The van der Waals surface area contributed by atoms with Crippen LogP contribution in [0.15, 0.2) is 48.5 Å². The fourth-order valence-corrected chi connectivity index (χ4v) is 4.46. The van der Waals surface area contributed by atoms with Crippen molar-refractivity contribution in [2.24, 2.45) is 0 Å². The summed E-state index contributed by atoms with van der Waals surface area (Å²) in [6.45, 7) is 1.94. The van der Waals surface area contributed by atoms with E-state index in [9.17, 15) is 14.7 Å². The van der Waals surface area contributed by atoms with Crippen molar-refractivity contribution < 1.29 is 14.7 Å². The first-order valence-corrected chi connectivity index (χ1v) is 8.90. The normalized spacial score (nSPS) is 20.2. The van der Waals surface area contributed by atoms with Gasteiger partial charge >= 0.3 is 5.97 Å². The van der Waals surface area contributed by atoms with Gasteiger partial charge in [0, 0.05) is 21.9 Å². The van der Waals surface area contributed by atoms with Crippen LogP contribution in [0.3, 0.4) is 0 Å². The lowest BCUT2D eigenvalue weighted by Gasteiger charge is -2.28. The molecule has 0 saturated carbocycles. The number of hydrogen-bond acceptors (Lipinski definition) is 3. The van der Waals surface area contributed by atoms with E-state index in [-0.39, 0.29) is 5.91 Å². The van der Waals surface area contributed by atoms with Crippen molar-refractivity contribution in [2.75, 3.05) is 5.75 Å². The first kappa shape index (κ1) is 16.9. The molecule has 1 aliphatic rings. The van der Waals surface area contributed by atoms with Crippen LogP contribution in [0.5, 0.6) is 0 Å². The van der Waals surface area contributed by atoms with Gasteiger partial charge in [0.15, 0.2) is 0 Å². The lowest BCUT2D eigenvalue weighted by Crippen LogP contribution is -2.43. The zero-order valence-corrected chi connectivity index (χ0v) is 14.6. The number of carboxylic acids is 1. The number of thioether (sulfide) groups is 1. The minimum Gasteiger partial charge on any atom is -0.480 e. The third-order valence-corrected chi connectivity index (χ3v) is 5.64. The Morgan fingerprint density at radius 2 is 1.83 bits per heavy atom. The number of nitrogens with zero attached hydrogens (tertiary/aromatic N) is 1. The quantitative estimate of drug-likeness (QED) is 0.898. The van der Waals surface area contributed by atoms with Crippen LogP contribution < -0.4 is 0 Å². The molecule has 1 N–H and O–H groups in total. The number of carboxylic acid groups (broad SMARTS) is 1. The summed E-state index contributed by atoms with van der Waals surface area (Å²) < 4.78 is 0. The molecule has 1 heterocycles. The number of carbonyl (C=O) groups excluding carboxylic acids is 1. The highest BCUT2D eigenvalue weighted by Crippen LogP contribution is 2.44. The Morgan fingerprint density at radius 3 is 2.46 bits per heavy atom. The van der Waals surface area contributed by atoms with Crippen LogP contribution in [0.2, 0.25) is 5.02 Å². The second-order valence-corrected chi connectivity index (χ2v) is 7.16. The van der Waals surface area contributed by atoms with E-state index in [1.165, 1.54) is 16.7 Å². The average molecular weight is 362 g/mol. The smallest absolute Gasteiger partial charge is 0.327 e. The minimum absolute atomic E-state index is 0.294. The van der Waals surface area contributed by atoms with Crippen molar-refractivity contribution >= 4 is 35.2 Å². The van der Waals surface area contributed by atoms with Crippen molar-refractivity contribution in [3.63, 3.8) is 0 Å². The number of halogens is 1. The Bertz CT molecular complexity index is 778. The van der Waals surface area contributed by atoms with Gasteiger partial charge in [-0.25, -0.2) is 4.79 Å². The Morgan fingerprint density at radius 1 is 1.17 bits per heavy atom. The van der Waals surface area contributed by atoms with Crippen molar-refractivity contribution in [3.05, 3.63) is 70.2 Å².